The molecule has 3 nitrogen and oxygen atoms in total. The summed E-state index contributed by atoms with van der Waals surface area (Å²) in [6, 6.07) is 24.1. The number of hydrogen-bond donors (Lipinski definition) is 1. The number of carbonyl (C=O) groups excluding carboxylic acids is 1. The first-order valence-electron chi connectivity index (χ1n) is 7.90. The Morgan fingerprint density at radius 1 is 0.880 bits per heavy atom. The number of carbonyl (C=O) groups is 1. The number of benzene rings is 3. The monoisotopic (exact) mass is 348 g/mol. The predicted octanol–water partition coefficient (Wildman–Crippen LogP) is 5.35. The van der Waals surface area contributed by atoms with E-state index >= 15 is 0 Å². The summed E-state index contributed by atoms with van der Waals surface area (Å²) in [6.07, 6.45) is 0. The fourth-order valence-electron chi connectivity index (χ4n) is 2.35. The molecule has 0 amide bonds. The van der Waals surface area contributed by atoms with Gasteiger partial charge in [-0.15, -0.1) is 0 Å². The Balaban J connectivity index is 1.96. The summed E-state index contributed by atoms with van der Waals surface area (Å²) in [5, 5.41) is 5.02. The Bertz CT molecular complexity index is 906. The molecule has 3 rings (SSSR count). The standard InChI is InChI=1S/C21H17ClN2O/c1-15-12-13-18(14-19(15)22)23-24-20(16-8-4-2-5-9-16)21(25)17-10-6-3-7-11-17/h2-14,23H,1H3/b24-20-. The lowest BCUT2D eigenvalue weighted by Crippen LogP contribution is -2.17. The van der Waals surface area contributed by atoms with Crippen LogP contribution >= 0.6 is 11.6 Å². The lowest BCUT2D eigenvalue weighted by Gasteiger charge is -2.08. The lowest BCUT2D eigenvalue weighted by atomic mass is 10.0. The van der Waals surface area contributed by atoms with E-state index in [1.165, 1.54) is 0 Å². The molecular formula is C21H17ClN2O. The van der Waals surface area contributed by atoms with Gasteiger partial charge in [0.15, 0.2) is 0 Å². The second-order valence-corrected chi connectivity index (χ2v) is 6.00. The van der Waals surface area contributed by atoms with Crippen LogP contribution in [-0.2, 0) is 0 Å². The van der Waals surface area contributed by atoms with Crippen LogP contribution in [0.15, 0.2) is 84.0 Å². The predicted molar refractivity (Wildman–Crippen MR) is 104 cm³/mol. The molecule has 4 heteroatoms. The molecule has 0 bridgehead atoms. The zero-order chi connectivity index (χ0) is 17.6. The smallest absolute Gasteiger partial charge is 0.213 e. The highest BCUT2D eigenvalue weighted by atomic mass is 35.5. The molecule has 0 unspecified atom stereocenters. The minimum atomic E-state index is -0.141. The van der Waals surface area contributed by atoms with Crippen molar-refractivity contribution in [3.05, 3.63) is 101 Å². The number of halogens is 1. The Hall–Kier alpha value is -2.91. The van der Waals surface area contributed by atoms with Crippen molar-refractivity contribution in [3.63, 3.8) is 0 Å². The van der Waals surface area contributed by atoms with Gasteiger partial charge in [0.1, 0.15) is 5.71 Å². The number of Topliss-reactive ketones (excluding diaryl/α,β-unsaturated/α-hetero) is 1. The minimum absolute atomic E-state index is 0.141. The number of hydrazone groups is 1. The SMILES string of the molecule is Cc1ccc(N/N=C(\C(=O)c2ccccc2)c2ccccc2)cc1Cl. The fourth-order valence-corrected chi connectivity index (χ4v) is 2.53. The van der Waals surface area contributed by atoms with E-state index in [0.29, 0.717) is 16.3 Å². The first-order valence-corrected chi connectivity index (χ1v) is 8.28. The van der Waals surface area contributed by atoms with Gasteiger partial charge in [0.25, 0.3) is 0 Å². The maximum absolute atomic E-state index is 12.9. The fraction of sp³-hybridized carbons (Fsp3) is 0.0476. The molecule has 0 radical (unpaired) electrons. The van der Waals surface area contributed by atoms with Crippen molar-refractivity contribution in [1.82, 2.24) is 0 Å². The van der Waals surface area contributed by atoms with Gasteiger partial charge in [-0.3, -0.25) is 10.2 Å². The van der Waals surface area contributed by atoms with Crippen molar-refractivity contribution in [3.8, 4) is 0 Å². The summed E-state index contributed by atoms with van der Waals surface area (Å²) in [4.78, 5) is 12.9. The molecule has 25 heavy (non-hydrogen) atoms. The van der Waals surface area contributed by atoms with E-state index in [4.69, 9.17) is 11.6 Å². The number of hydrogen-bond acceptors (Lipinski definition) is 3. The third-order valence-corrected chi connectivity index (χ3v) is 4.17. The number of ketones is 1. The minimum Gasteiger partial charge on any atom is -0.287 e. The van der Waals surface area contributed by atoms with Gasteiger partial charge in [0.2, 0.25) is 5.78 Å². The van der Waals surface area contributed by atoms with Crippen LogP contribution in [0.3, 0.4) is 0 Å². The Labute approximate surface area is 152 Å². The molecule has 3 aromatic carbocycles. The normalized spacial score (nSPS) is 11.2. The van der Waals surface area contributed by atoms with Crippen LogP contribution < -0.4 is 5.43 Å². The third-order valence-electron chi connectivity index (χ3n) is 3.77. The third kappa shape index (κ3) is 4.14. The van der Waals surface area contributed by atoms with Gasteiger partial charge in [-0.2, -0.15) is 5.10 Å². The van der Waals surface area contributed by atoms with E-state index < -0.39 is 0 Å². The van der Waals surface area contributed by atoms with Crippen molar-refractivity contribution < 1.29 is 4.79 Å². The molecule has 1 N–H and O–H groups in total. The van der Waals surface area contributed by atoms with Crippen molar-refractivity contribution in [2.24, 2.45) is 5.10 Å². The molecule has 124 valence electrons. The maximum atomic E-state index is 12.9. The van der Waals surface area contributed by atoms with Crippen LogP contribution in [-0.4, -0.2) is 11.5 Å². The summed E-state index contributed by atoms with van der Waals surface area (Å²) in [5.74, 6) is -0.141. The first-order chi connectivity index (χ1) is 12.1. The van der Waals surface area contributed by atoms with Gasteiger partial charge < -0.3 is 0 Å². The van der Waals surface area contributed by atoms with E-state index in [1.54, 1.807) is 18.2 Å². The van der Waals surface area contributed by atoms with Crippen LogP contribution in [0.2, 0.25) is 5.02 Å². The van der Waals surface area contributed by atoms with Gasteiger partial charge in [-0.25, -0.2) is 0 Å². The van der Waals surface area contributed by atoms with E-state index in [9.17, 15) is 4.79 Å². The highest BCUT2D eigenvalue weighted by Gasteiger charge is 2.16. The van der Waals surface area contributed by atoms with E-state index in [-0.39, 0.29) is 5.78 Å². The summed E-state index contributed by atoms with van der Waals surface area (Å²) in [6.45, 7) is 1.93. The zero-order valence-corrected chi connectivity index (χ0v) is 14.5. The lowest BCUT2D eigenvalue weighted by molar-refractivity contribution is 0.106. The van der Waals surface area contributed by atoms with Crippen molar-refractivity contribution >= 4 is 28.8 Å². The van der Waals surface area contributed by atoms with E-state index in [0.717, 1.165) is 16.8 Å². The second kappa shape index (κ2) is 7.77. The Morgan fingerprint density at radius 3 is 2.08 bits per heavy atom. The summed E-state index contributed by atoms with van der Waals surface area (Å²) < 4.78 is 0. The summed E-state index contributed by atoms with van der Waals surface area (Å²) in [7, 11) is 0. The molecule has 0 spiro atoms. The molecule has 0 atom stereocenters. The average Bonchev–Trinajstić information content (AvgIpc) is 2.66. The van der Waals surface area contributed by atoms with Gasteiger partial charge in [0.05, 0.1) is 5.69 Å². The highest BCUT2D eigenvalue weighted by molar-refractivity contribution is 6.51. The first kappa shape index (κ1) is 16.9. The number of anilines is 1. The van der Waals surface area contributed by atoms with Gasteiger partial charge >= 0.3 is 0 Å². The van der Waals surface area contributed by atoms with Gasteiger partial charge in [0, 0.05) is 16.1 Å². The second-order valence-electron chi connectivity index (χ2n) is 5.60. The molecule has 0 saturated heterocycles. The molecule has 0 aliphatic rings. The van der Waals surface area contributed by atoms with Crippen molar-refractivity contribution in [2.75, 3.05) is 5.43 Å². The van der Waals surface area contributed by atoms with Crippen LogP contribution in [0, 0.1) is 6.92 Å². The Morgan fingerprint density at radius 2 is 1.48 bits per heavy atom. The average molecular weight is 349 g/mol. The molecule has 0 fully saturated rings. The largest absolute Gasteiger partial charge is 0.287 e. The maximum Gasteiger partial charge on any atom is 0.213 e. The molecule has 3 aromatic rings. The molecule has 0 aromatic heterocycles. The van der Waals surface area contributed by atoms with E-state index in [1.807, 2.05) is 67.6 Å². The Kier molecular flexibility index (Phi) is 5.26. The number of rotatable bonds is 5. The summed E-state index contributed by atoms with van der Waals surface area (Å²) >= 11 is 6.15. The van der Waals surface area contributed by atoms with Crippen LogP contribution in [0.25, 0.3) is 0 Å². The summed E-state index contributed by atoms with van der Waals surface area (Å²) in [5.41, 5.74) is 6.35. The topological polar surface area (TPSA) is 41.5 Å². The quantitative estimate of drug-likeness (QED) is 0.383. The number of nitrogens with one attached hydrogen (secondary N) is 1. The van der Waals surface area contributed by atoms with Gasteiger partial charge in [-0.1, -0.05) is 78.3 Å². The van der Waals surface area contributed by atoms with Crippen molar-refractivity contribution in [1.29, 1.82) is 0 Å². The highest BCUT2D eigenvalue weighted by Crippen LogP contribution is 2.20. The van der Waals surface area contributed by atoms with Crippen LogP contribution in [0.1, 0.15) is 21.5 Å². The van der Waals surface area contributed by atoms with Gasteiger partial charge in [-0.05, 0) is 24.6 Å². The van der Waals surface area contributed by atoms with Crippen molar-refractivity contribution in [2.45, 2.75) is 6.92 Å². The molecule has 0 aliphatic heterocycles. The molecular weight excluding hydrogens is 332 g/mol. The molecule has 0 saturated carbocycles. The molecule has 0 heterocycles. The van der Waals surface area contributed by atoms with E-state index in [2.05, 4.69) is 10.5 Å². The number of nitrogens with zero attached hydrogens (tertiary/aromatic N) is 1. The van der Waals surface area contributed by atoms with Crippen LogP contribution in [0.4, 0.5) is 5.69 Å². The zero-order valence-electron chi connectivity index (χ0n) is 13.7. The number of aryl methyl sites for hydroxylation is 1. The molecule has 0 aliphatic carbocycles. The van der Waals surface area contributed by atoms with Crippen LogP contribution in [0.5, 0.6) is 0 Å².